The van der Waals surface area contributed by atoms with Crippen LogP contribution in [-0.2, 0) is 0 Å². The van der Waals surface area contributed by atoms with Crippen LogP contribution in [0.15, 0.2) is 0 Å². The van der Waals surface area contributed by atoms with Crippen molar-refractivity contribution in [1.29, 1.82) is 0 Å². The molecule has 0 aliphatic heterocycles. The zero-order valence-electron chi connectivity index (χ0n) is 5.81. The first-order chi connectivity index (χ1) is 3.81. The summed E-state index contributed by atoms with van der Waals surface area (Å²) in [6.07, 6.45) is 2.53. The molecular weight excluding hydrogens is 116 g/mol. The summed E-state index contributed by atoms with van der Waals surface area (Å²) in [5, 5.41) is 0.630. The molecule has 0 N–H and O–H groups in total. The van der Waals surface area contributed by atoms with Gasteiger partial charge >= 0.3 is 0 Å². The summed E-state index contributed by atoms with van der Waals surface area (Å²) in [5.74, 6) is 1.20. The van der Waals surface area contributed by atoms with Gasteiger partial charge in [0.2, 0.25) is 0 Å². The van der Waals surface area contributed by atoms with Crippen molar-refractivity contribution in [3.8, 4) is 0 Å². The third kappa shape index (κ3) is 4.51. The van der Waals surface area contributed by atoms with Crippen molar-refractivity contribution in [3.05, 3.63) is 6.92 Å². The molecule has 8 heavy (non-hydrogen) atoms. The standard InChI is InChI=1S/C7H15S/c1-4-6-7(3)8-5-2/h7H,3-6H2,1-2H3. The van der Waals surface area contributed by atoms with Crippen LogP contribution in [-0.4, -0.2) is 11.0 Å². The molecule has 1 heteroatoms. The molecule has 0 rings (SSSR count). The molecular formula is C7H15S. The van der Waals surface area contributed by atoms with Gasteiger partial charge in [0.05, 0.1) is 0 Å². The molecule has 0 aromatic rings. The lowest BCUT2D eigenvalue weighted by atomic mass is 10.3. The molecule has 0 aromatic heterocycles. The van der Waals surface area contributed by atoms with E-state index in [-0.39, 0.29) is 0 Å². The van der Waals surface area contributed by atoms with Crippen LogP contribution in [0, 0.1) is 6.92 Å². The van der Waals surface area contributed by atoms with E-state index >= 15 is 0 Å². The van der Waals surface area contributed by atoms with E-state index in [9.17, 15) is 0 Å². The largest absolute Gasteiger partial charge is 0.159 e. The molecule has 0 aromatic carbocycles. The maximum absolute atomic E-state index is 3.98. The number of hydrogen-bond acceptors (Lipinski definition) is 1. The third-order valence-electron chi connectivity index (χ3n) is 1.01. The molecule has 0 aliphatic carbocycles. The minimum atomic E-state index is 0.630. The Morgan fingerprint density at radius 3 is 2.50 bits per heavy atom. The Morgan fingerprint density at radius 1 is 1.50 bits per heavy atom. The minimum absolute atomic E-state index is 0.630. The minimum Gasteiger partial charge on any atom is -0.159 e. The first-order valence-electron chi connectivity index (χ1n) is 3.26. The van der Waals surface area contributed by atoms with Crippen molar-refractivity contribution >= 4 is 11.8 Å². The van der Waals surface area contributed by atoms with E-state index in [1.165, 1.54) is 18.6 Å². The summed E-state index contributed by atoms with van der Waals surface area (Å²) >= 11 is 1.94. The third-order valence-corrected chi connectivity index (χ3v) is 2.05. The first-order valence-corrected chi connectivity index (χ1v) is 4.30. The van der Waals surface area contributed by atoms with Crippen molar-refractivity contribution in [3.63, 3.8) is 0 Å². The van der Waals surface area contributed by atoms with E-state index in [2.05, 4.69) is 20.8 Å². The number of hydrogen-bond donors (Lipinski definition) is 0. The normalized spacial score (nSPS) is 13.9. The molecule has 0 spiro atoms. The summed E-state index contributed by atoms with van der Waals surface area (Å²) in [6, 6.07) is 0. The van der Waals surface area contributed by atoms with Gasteiger partial charge in [-0.05, 0) is 19.1 Å². The highest BCUT2D eigenvalue weighted by molar-refractivity contribution is 7.99. The Morgan fingerprint density at radius 2 is 2.12 bits per heavy atom. The number of rotatable bonds is 4. The van der Waals surface area contributed by atoms with Gasteiger partial charge in [-0.15, -0.1) is 0 Å². The molecule has 49 valence electrons. The van der Waals surface area contributed by atoms with Crippen molar-refractivity contribution in [2.45, 2.75) is 31.9 Å². The van der Waals surface area contributed by atoms with Gasteiger partial charge in [0.15, 0.2) is 0 Å². The molecule has 0 saturated carbocycles. The van der Waals surface area contributed by atoms with Gasteiger partial charge in [0.25, 0.3) is 0 Å². The Labute approximate surface area is 57.1 Å². The van der Waals surface area contributed by atoms with E-state index in [0.717, 1.165) is 0 Å². The SMILES string of the molecule is [CH2]C(CCC)SCC. The van der Waals surface area contributed by atoms with Gasteiger partial charge in [-0.25, -0.2) is 0 Å². The van der Waals surface area contributed by atoms with Crippen molar-refractivity contribution in [2.75, 3.05) is 5.75 Å². The van der Waals surface area contributed by atoms with Crippen LogP contribution in [0.25, 0.3) is 0 Å². The molecule has 1 unspecified atom stereocenters. The van der Waals surface area contributed by atoms with Gasteiger partial charge < -0.3 is 0 Å². The van der Waals surface area contributed by atoms with Crippen LogP contribution in [0.4, 0.5) is 0 Å². The van der Waals surface area contributed by atoms with Crippen LogP contribution in [0.3, 0.4) is 0 Å². The van der Waals surface area contributed by atoms with Gasteiger partial charge in [-0.2, -0.15) is 11.8 Å². The van der Waals surface area contributed by atoms with Crippen molar-refractivity contribution < 1.29 is 0 Å². The summed E-state index contributed by atoms with van der Waals surface area (Å²) in [4.78, 5) is 0. The molecule has 0 heterocycles. The van der Waals surface area contributed by atoms with Crippen LogP contribution >= 0.6 is 11.8 Å². The van der Waals surface area contributed by atoms with E-state index in [4.69, 9.17) is 0 Å². The molecule has 0 nitrogen and oxygen atoms in total. The summed E-state index contributed by atoms with van der Waals surface area (Å²) < 4.78 is 0. The highest BCUT2D eigenvalue weighted by Gasteiger charge is 1.96. The number of thioether (sulfide) groups is 1. The second-order valence-electron chi connectivity index (χ2n) is 1.87. The second kappa shape index (κ2) is 5.49. The predicted molar refractivity (Wildman–Crippen MR) is 42.2 cm³/mol. The van der Waals surface area contributed by atoms with Crippen molar-refractivity contribution in [1.82, 2.24) is 0 Å². The molecule has 0 amide bonds. The zero-order chi connectivity index (χ0) is 6.41. The molecule has 0 saturated heterocycles. The summed E-state index contributed by atoms with van der Waals surface area (Å²) in [6.45, 7) is 8.36. The fraction of sp³-hybridized carbons (Fsp3) is 0.857. The smallest absolute Gasteiger partial charge is 0.00472 e. The second-order valence-corrected chi connectivity index (χ2v) is 3.44. The fourth-order valence-electron chi connectivity index (χ4n) is 0.641. The molecule has 1 radical (unpaired) electrons. The quantitative estimate of drug-likeness (QED) is 0.565. The molecule has 1 atom stereocenters. The Bertz CT molecular complexity index is 37.7. The first kappa shape index (κ1) is 8.35. The Kier molecular flexibility index (Phi) is 5.73. The van der Waals surface area contributed by atoms with Crippen LogP contribution in [0.2, 0.25) is 0 Å². The Balaban J connectivity index is 2.92. The van der Waals surface area contributed by atoms with Crippen molar-refractivity contribution in [2.24, 2.45) is 0 Å². The molecule has 0 bridgehead atoms. The van der Waals surface area contributed by atoms with E-state index < -0.39 is 0 Å². The summed E-state index contributed by atoms with van der Waals surface area (Å²) in [7, 11) is 0. The van der Waals surface area contributed by atoms with E-state index in [1.54, 1.807) is 0 Å². The van der Waals surface area contributed by atoms with Gasteiger partial charge in [0.1, 0.15) is 0 Å². The topological polar surface area (TPSA) is 0 Å². The highest BCUT2D eigenvalue weighted by Crippen LogP contribution is 2.13. The highest BCUT2D eigenvalue weighted by atomic mass is 32.2. The van der Waals surface area contributed by atoms with E-state index in [1.807, 2.05) is 11.8 Å². The zero-order valence-corrected chi connectivity index (χ0v) is 6.63. The lowest BCUT2D eigenvalue weighted by Gasteiger charge is -2.05. The summed E-state index contributed by atoms with van der Waals surface area (Å²) in [5.41, 5.74) is 0. The van der Waals surface area contributed by atoms with Crippen LogP contribution in [0.5, 0.6) is 0 Å². The Hall–Kier alpha value is 0.350. The van der Waals surface area contributed by atoms with Crippen LogP contribution in [0.1, 0.15) is 26.7 Å². The van der Waals surface area contributed by atoms with Crippen LogP contribution < -0.4 is 0 Å². The maximum atomic E-state index is 3.98. The fourth-order valence-corrected chi connectivity index (χ4v) is 1.51. The van der Waals surface area contributed by atoms with Gasteiger partial charge in [-0.3, -0.25) is 0 Å². The maximum Gasteiger partial charge on any atom is 0.00472 e. The average Bonchev–Trinajstić information content (AvgIpc) is 1.68. The predicted octanol–water partition coefficient (Wildman–Crippen LogP) is 2.74. The van der Waals surface area contributed by atoms with E-state index in [0.29, 0.717) is 5.25 Å². The monoisotopic (exact) mass is 131 g/mol. The van der Waals surface area contributed by atoms with Gasteiger partial charge in [0, 0.05) is 5.25 Å². The van der Waals surface area contributed by atoms with Gasteiger partial charge in [-0.1, -0.05) is 20.3 Å². The lowest BCUT2D eigenvalue weighted by molar-refractivity contribution is 0.826. The molecule has 0 fully saturated rings. The molecule has 0 aliphatic rings. The lowest BCUT2D eigenvalue weighted by Crippen LogP contribution is -1.94. The average molecular weight is 131 g/mol.